The monoisotopic (exact) mass is 309 g/mol. The van der Waals surface area contributed by atoms with Crippen LogP contribution in [-0.2, 0) is 28.0 Å². The van der Waals surface area contributed by atoms with E-state index in [1.807, 2.05) is 0 Å². The van der Waals surface area contributed by atoms with Gasteiger partial charge in [0.25, 0.3) is 0 Å². The fourth-order valence-electron chi connectivity index (χ4n) is 3.96. The van der Waals surface area contributed by atoms with Crippen LogP contribution in [0.5, 0.6) is 0 Å². The van der Waals surface area contributed by atoms with E-state index in [9.17, 15) is 0 Å². The predicted molar refractivity (Wildman–Crippen MR) is 90.0 cm³/mol. The molecule has 0 aliphatic carbocycles. The fourth-order valence-corrected chi connectivity index (χ4v) is 3.96. The maximum atomic E-state index is 6.41. The van der Waals surface area contributed by atoms with Crippen molar-refractivity contribution in [1.29, 1.82) is 0 Å². The molecule has 1 fully saturated rings. The summed E-state index contributed by atoms with van der Waals surface area (Å²) in [5.41, 5.74) is 3.86. The molecule has 0 amide bonds. The van der Waals surface area contributed by atoms with Gasteiger partial charge in [-0.3, -0.25) is 4.90 Å². The lowest BCUT2D eigenvalue weighted by Gasteiger charge is -2.39. The third-order valence-corrected chi connectivity index (χ3v) is 5.07. The average molecular weight is 309 g/mol. The summed E-state index contributed by atoms with van der Waals surface area (Å²) in [4.78, 5) is 2.49. The number of nitrogens with zero attached hydrogens (tertiary/aromatic N) is 1. The number of rotatable bonds is 3. The minimum Gasteiger partial charge on any atom is -0.355 e. The number of fused-ring (bicyclic) bond motifs is 2. The summed E-state index contributed by atoms with van der Waals surface area (Å²) in [6.45, 7) is 2.96. The molecule has 1 saturated heterocycles. The first-order chi connectivity index (χ1) is 11.3. The molecule has 120 valence electrons. The lowest BCUT2D eigenvalue weighted by Crippen LogP contribution is -2.43. The van der Waals surface area contributed by atoms with Gasteiger partial charge in [0.05, 0.1) is 0 Å². The summed E-state index contributed by atoms with van der Waals surface area (Å²) in [5, 5.41) is 0. The summed E-state index contributed by atoms with van der Waals surface area (Å²) in [7, 11) is 1.74. The lowest BCUT2D eigenvalue weighted by molar-refractivity contribution is -0.208. The van der Waals surface area contributed by atoms with E-state index in [0.717, 1.165) is 32.5 Å². The molecule has 0 bridgehead atoms. The van der Waals surface area contributed by atoms with Crippen LogP contribution in [0, 0.1) is 0 Å². The van der Waals surface area contributed by atoms with Gasteiger partial charge in [0, 0.05) is 33.2 Å². The molecule has 2 aliphatic rings. The Morgan fingerprint density at radius 2 is 1.91 bits per heavy atom. The molecule has 2 unspecified atom stereocenters. The number of methoxy groups -OCH3 is 1. The highest BCUT2D eigenvalue weighted by Gasteiger charge is 2.46. The summed E-state index contributed by atoms with van der Waals surface area (Å²) in [5.74, 6) is 0. The predicted octanol–water partition coefficient (Wildman–Crippen LogP) is 3.33. The van der Waals surface area contributed by atoms with E-state index in [2.05, 4.69) is 59.5 Å². The molecule has 2 aliphatic heterocycles. The molecule has 1 spiro atoms. The van der Waals surface area contributed by atoms with Crippen molar-refractivity contribution >= 4 is 0 Å². The SMILES string of the molecule is COC1Cc2ccccc2C2(CCN(Cc3ccccc3)C2)O1. The number of benzene rings is 2. The fraction of sp³-hybridized carbons (Fsp3) is 0.400. The molecule has 0 N–H and O–H groups in total. The molecule has 0 aromatic heterocycles. The van der Waals surface area contributed by atoms with Crippen LogP contribution >= 0.6 is 0 Å². The highest BCUT2D eigenvalue weighted by molar-refractivity contribution is 5.36. The van der Waals surface area contributed by atoms with Crippen LogP contribution in [0.25, 0.3) is 0 Å². The van der Waals surface area contributed by atoms with Crippen molar-refractivity contribution in [2.45, 2.75) is 31.3 Å². The van der Waals surface area contributed by atoms with Crippen LogP contribution < -0.4 is 0 Å². The quantitative estimate of drug-likeness (QED) is 0.868. The van der Waals surface area contributed by atoms with E-state index in [0.29, 0.717) is 0 Å². The molecule has 2 aromatic rings. The summed E-state index contributed by atoms with van der Waals surface area (Å²) >= 11 is 0. The van der Waals surface area contributed by atoms with E-state index < -0.39 is 0 Å². The Hall–Kier alpha value is -1.68. The molecular formula is C20H23NO2. The number of ether oxygens (including phenoxy) is 2. The van der Waals surface area contributed by atoms with Crippen LogP contribution in [-0.4, -0.2) is 31.4 Å². The molecule has 0 saturated carbocycles. The zero-order valence-corrected chi connectivity index (χ0v) is 13.6. The van der Waals surface area contributed by atoms with Crippen LogP contribution in [0.2, 0.25) is 0 Å². The van der Waals surface area contributed by atoms with Crippen LogP contribution in [0.15, 0.2) is 54.6 Å². The summed E-state index contributed by atoms with van der Waals surface area (Å²) in [6.07, 6.45) is 1.73. The Morgan fingerprint density at radius 3 is 2.74 bits per heavy atom. The normalized spacial score (nSPS) is 27.3. The van der Waals surface area contributed by atoms with Crippen molar-refractivity contribution < 1.29 is 9.47 Å². The molecule has 2 aromatic carbocycles. The number of likely N-dealkylation sites (tertiary alicyclic amines) is 1. The maximum absolute atomic E-state index is 6.41. The van der Waals surface area contributed by atoms with Gasteiger partial charge in [0.1, 0.15) is 5.60 Å². The molecule has 3 nitrogen and oxygen atoms in total. The average Bonchev–Trinajstić information content (AvgIpc) is 2.99. The van der Waals surface area contributed by atoms with E-state index in [1.54, 1.807) is 7.11 Å². The maximum Gasteiger partial charge on any atom is 0.162 e. The van der Waals surface area contributed by atoms with Crippen LogP contribution in [0.1, 0.15) is 23.1 Å². The Labute approximate surface area is 137 Å². The Kier molecular flexibility index (Phi) is 3.93. The van der Waals surface area contributed by atoms with Crippen molar-refractivity contribution in [3.05, 3.63) is 71.3 Å². The van der Waals surface area contributed by atoms with E-state index >= 15 is 0 Å². The van der Waals surface area contributed by atoms with Gasteiger partial charge in [-0.15, -0.1) is 0 Å². The molecule has 23 heavy (non-hydrogen) atoms. The van der Waals surface area contributed by atoms with Gasteiger partial charge in [-0.05, 0) is 23.1 Å². The van der Waals surface area contributed by atoms with Gasteiger partial charge in [-0.2, -0.15) is 0 Å². The van der Waals surface area contributed by atoms with Crippen molar-refractivity contribution in [2.24, 2.45) is 0 Å². The Morgan fingerprint density at radius 1 is 1.13 bits per heavy atom. The topological polar surface area (TPSA) is 21.7 Å². The first-order valence-electron chi connectivity index (χ1n) is 8.34. The minimum absolute atomic E-state index is 0.137. The third kappa shape index (κ3) is 2.80. The number of hydrogen-bond donors (Lipinski definition) is 0. The van der Waals surface area contributed by atoms with Crippen molar-refractivity contribution in [2.75, 3.05) is 20.2 Å². The van der Waals surface area contributed by atoms with Gasteiger partial charge < -0.3 is 9.47 Å². The Balaban J connectivity index is 1.59. The van der Waals surface area contributed by atoms with E-state index in [4.69, 9.17) is 9.47 Å². The third-order valence-electron chi connectivity index (χ3n) is 5.07. The summed E-state index contributed by atoms with van der Waals surface area (Å²) in [6, 6.07) is 19.3. The first-order valence-corrected chi connectivity index (χ1v) is 8.34. The largest absolute Gasteiger partial charge is 0.355 e. The highest BCUT2D eigenvalue weighted by Crippen LogP contribution is 2.42. The molecular weight excluding hydrogens is 286 g/mol. The molecule has 3 heteroatoms. The molecule has 0 radical (unpaired) electrons. The van der Waals surface area contributed by atoms with E-state index in [-0.39, 0.29) is 11.9 Å². The first kappa shape index (κ1) is 14.9. The van der Waals surface area contributed by atoms with Gasteiger partial charge in [0.15, 0.2) is 6.29 Å². The van der Waals surface area contributed by atoms with Gasteiger partial charge in [-0.1, -0.05) is 54.6 Å². The molecule has 2 atom stereocenters. The molecule has 2 heterocycles. The zero-order valence-electron chi connectivity index (χ0n) is 13.6. The van der Waals surface area contributed by atoms with Crippen LogP contribution in [0.4, 0.5) is 0 Å². The summed E-state index contributed by atoms with van der Waals surface area (Å²) < 4.78 is 12.0. The van der Waals surface area contributed by atoms with Crippen molar-refractivity contribution in [3.8, 4) is 0 Å². The Bertz CT molecular complexity index is 672. The van der Waals surface area contributed by atoms with E-state index in [1.165, 1.54) is 16.7 Å². The smallest absolute Gasteiger partial charge is 0.162 e. The van der Waals surface area contributed by atoms with Crippen LogP contribution in [0.3, 0.4) is 0 Å². The second-order valence-corrected chi connectivity index (χ2v) is 6.58. The lowest BCUT2D eigenvalue weighted by atomic mass is 9.85. The highest BCUT2D eigenvalue weighted by atomic mass is 16.7. The molecule has 4 rings (SSSR count). The standard InChI is InChI=1S/C20H23NO2/c1-22-19-13-17-9-5-6-10-18(17)20(23-19)11-12-21(15-20)14-16-7-3-2-4-8-16/h2-10,19H,11-15H2,1H3. The minimum atomic E-state index is -0.218. The van der Waals surface area contributed by atoms with Gasteiger partial charge in [-0.25, -0.2) is 0 Å². The number of hydrogen-bond acceptors (Lipinski definition) is 3. The second-order valence-electron chi connectivity index (χ2n) is 6.58. The van der Waals surface area contributed by atoms with Gasteiger partial charge >= 0.3 is 0 Å². The van der Waals surface area contributed by atoms with Crippen molar-refractivity contribution in [1.82, 2.24) is 4.90 Å². The van der Waals surface area contributed by atoms with Crippen molar-refractivity contribution in [3.63, 3.8) is 0 Å². The zero-order chi connectivity index (χ0) is 15.7. The second kappa shape index (κ2) is 6.08. The van der Waals surface area contributed by atoms with Gasteiger partial charge in [0.2, 0.25) is 0 Å².